The lowest BCUT2D eigenvalue weighted by Gasteiger charge is -2.20. The summed E-state index contributed by atoms with van der Waals surface area (Å²) in [6, 6.07) is 5.30. The van der Waals surface area contributed by atoms with Gasteiger partial charge >= 0.3 is 5.97 Å². The van der Waals surface area contributed by atoms with Crippen molar-refractivity contribution in [2.45, 2.75) is 26.4 Å². The first-order valence-electron chi connectivity index (χ1n) is 4.39. The average molecular weight is 194 g/mol. The van der Waals surface area contributed by atoms with Crippen LogP contribution in [0.15, 0.2) is 18.2 Å². The van der Waals surface area contributed by atoms with Gasteiger partial charge in [-0.05, 0) is 31.9 Å². The zero-order valence-corrected chi connectivity index (χ0v) is 8.53. The minimum Gasteiger partial charge on any atom is -0.479 e. The molecule has 0 aromatic heterocycles. The van der Waals surface area contributed by atoms with Crippen molar-refractivity contribution in [3.63, 3.8) is 0 Å². The summed E-state index contributed by atoms with van der Waals surface area (Å²) in [5.74, 6) is -1.23. The highest BCUT2D eigenvalue weighted by molar-refractivity contribution is 5.79. The molecule has 0 spiro atoms. The third kappa shape index (κ3) is 1.77. The zero-order chi connectivity index (χ0) is 10.9. The van der Waals surface area contributed by atoms with E-state index in [1.165, 1.54) is 6.92 Å². The number of aryl methyl sites for hydroxylation is 2. The number of rotatable bonds is 2. The van der Waals surface area contributed by atoms with E-state index < -0.39 is 11.6 Å². The summed E-state index contributed by atoms with van der Waals surface area (Å²) in [5, 5.41) is 18.6. The Labute approximate surface area is 83.0 Å². The molecule has 1 aromatic rings. The predicted octanol–water partition coefficient (Wildman–Crippen LogP) is 1.60. The van der Waals surface area contributed by atoms with Crippen LogP contribution in [0.2, 0.25) is 0 Å². The Balaban J connectivity index is 3.26. The van der Waals surface area contributed by atoms with Gasteiger partial charge in [-0.2, -0.15) is 0 Å². The van der Waals surface area contributed by atoms with Gasteiger partial charge in [0.1, 0.15) is 0 Å². The monoisotopic (exact) mass is 194 g/mol. The second kappa shape index (κ2) is 3.42. The van der Waals surface area contributed by atoms with Crippen LogP contribution < -0.4 is 0 Å². The van der Waals surface area contributed by atoms with Gasteiger partial charge in [0, 0.05) is 0 Å². The molecule has 3 nitrogen and oxygen atoms in total. The summed E-state index contributed by atoms with van der Waals surface area (Å²) < 4.78 is 0. The summed E-state index contributed by atoms with van der Waals surface area (Å²) in [5.41, 5.74) is 0.470. The summed E-state index contributed by atoms with van der Waals surface area (Å²) in [6.07, 6.45) is 0. The number of carbonyl (C=O) groups is 1. The Hall–Kier alpha value is -1.35. The van der Waals surface area contributed by atoms with Gasteiger partial charge in [-0.15, -0.1) is 0 Å². The second-order valence-corrected chi connectivity index (χ2v) is 3.70. The SMILES string of the molecule is Cc1ccc(C(C)(O)C(=O)O)c(C)c1. The van der Waals surface area contributed by atoms with E-state index >= 15 is 0 Å². The van der Waals surface area contributed by atoms with Crippen LogP contribution in [-0.2, 0) is 10.4 Å². The van der Waals surface area contributed by atoms with Crippen molar-refractivity contribution in [1.82, 2.24) is 0 Å². The number of hydrogen-bond acceptors (Lipinski definition) is 2. The Kier molecular flexibility index (Phi) is 2.62. The van der Waals surface area contributed by atoms with E-state index in [-0.39, 0.29) is 0 Å². The van der Waals surface area contributed by atoms with Gasteiger partial charge in [0.15, 0.2) is 5.60 Å². The summed E-state index contributed by atoms with van der Waals surface area (Å²) in [4.78, 5) is 10.8. The van der Waals surface area contributed by atoms with E-state index in [1.807, 2.05) is 13.0 Å². The van der Waals surface area contributed by atoms with E-state index in [1.54, 1.807) is 19.1 Å². The van der Waals surface area contributed by atoms with Gasteiger partial charge in [0.25, 0.3) is 0 Å². The third-order valence-corrected chi connectivity index (χ3v) is 2.32. The van der Waals surface area contributed by atoms with Crippen LogP contribution in [0.5, 0.6) is 0 Å². The van der Waals surface area contributed by atoms with Gasteiger partial charge in [0.2, 0.25) is 0 Å². The van der Waals surface area contributed by atoms with Crippen LogP contribution >= 0.6 is 0 Å². The van der Waals surface area contributed by atoms with Crippen LogP contribution in [0.1, 0.15) is 23.6 Å². The smallest absolute Gasteiger partial charge is 0.340 e. The predicted molar refractivity (Wildman–Crippen MR) is 53.1 cm³/mol. The minimum atomic E-state index is -1.81. The number of carboxylic acid groups (broad SMARTS) is 1. The van der Waals surface area contributed by atoms with Crippen LogP contribution in [0.25, 0.3) is 0 Å². The van der Waals surface area contributed by atoms with Crippen molar-refractivity contribution >= 4 is 5.97 Å². The fourth-order valence-electron chi connectivity index (χ4n) is 1.47. The molecule has 0 fully saturated rings. The van der Waals surface area contributed by atoms with Crippen molar-refractivity contribution in [2.75, 3.05) is 0 Å². The standard InChI is InChI=1S/C11H14O3/c1-7-4-5-9(8(2)6-7)11(3,14)10(12)13/h4-6,14H,1-3H3,(H,12,13). The van der Waals surface area contributed by atoms with E-state index in [2.05, 4.69) is 0 Å². The fourth-order valence-corrected chi connectivity index (χ4v) is 1.47. The molecule has 0 radical (unpaired) electrons. The Morgan fingerprint density at radius 3 is 2.36 bits per heavy atom. The maximum atomic E-state index is 10.8. The molecule has 0 heterocycles. The number of hydrogen-bond donors (Lipinski definition) is 2. The lowest BCUT2D eigenvalue weighted by atomic mass is 9.91. The molecule has 1 unspecified atom stereocenters. The molecule has 1 rings (SSSR count). The molecule has 1 aromatic carbocycles. The Bertz CT molecular complexity index is 367. The van der Waals surface area contributed by atoms with E-state index in [0.29, 0.717) is 5.56 Å². The molecule has 0 amide bonds. The third-order valence-electron chi connectivity index (χ3n) is 2.32. The first-order chi connectivity index (χ1) is 6.35. The summed E-state index contributed by atoms with van der Waals surface area (Å²) >= 11 is 0. The number of benzene rings is 1. The minimum absolute atomic E-state index is 0.440. The van der Waals surface area contributed by atoms with Crippen LogP contribution in [0.4, 0.5) is 0 Å². The molecular weight excluding hydrogens is 180 g/mol. The van der Waals surface area contributed by atoms with Gasteiger partial charge in [-0.1, -0.05) is 23.8 Å². The average Bonchev–Trinajstić information content (AvgIpc) is 2.02. The van der Waals surface area contributed by atoms with Crippen molar-refractivity contribution < 1.29 is 15.0 Å². The molecule has 0 aliphatic carbocycles. The molecule has 0 saturated heterocycles. The van der Waals surface area contributed by atoms with Gasteiger partial charge in [-0.3, -0.25) is 0 Å². The molecule has 0 aliphatic heterocycles. The first kappa shape index (κ1) is 10.7. The van der Waals surface area contributed by atoms with Crippen molar-refractivity contribution in [1.29, 1.82) is 0 Å². The number of aliphatic carboxylic acids is 1. The highest BCUT2D eigenvalue weighted by Crippen LogP contribution is 2.24. The molecular formula is C11H14O3. The normalized spacial score (nSPS) is 14.9. The first-order valence-corrected chi connectivity index (χ1v) is 4.39. The lowest BCUT2D eigenvalue weighted by molar-refractivity contribution is -0.157. The number of carboxylic acids is 1. The second-order valence-electron chi connectivity index (χ2n) is 3.70. The van der Waals surface area contributed by atoms with Crippen LogP contribution in [-0.4, -0.2) is 16.2 Å². The summed E-state index contributed by atoms with van der Waals surface area (Å²) in [6.45, 7) is 5.00. The van der Waals surface area contributed by atoms with Gasteiger partial charge in [-0.25, -0.2) is 4.79 Å². The Morgan fingerprint density at radius 2 is 1.93 bits per heavy atom. The van der Waals surface area contributed by atoms with Gasteiger partial charge < -0.3 is 10.2 Å². The molecule has 3 heteroatoms. The topological polar surface area (TPSA) is 57.5 Å². The quantitative estimate of drug-likeness (QED) is 0.751. The molecule has 0 aliphatic rings. The van der Waals surface area contributed by atoms with E-state index in [0.717, 1.165) is 11.1 Å². The van der Waals surface area contributed by atoms with Gasteiger partial charge in [0.05, 0.1) is 0 Å². The highest BCUT2D eigenvalue weighted by atomic mass is 16.4. The molecule has 0 bridgehead atoms. The van der Waals surface area contributed by atoms with Crippen molar-refractivity contribution in [2.24, 2.45) is 0 Å². The lowest BCUT2D eigenvalue weighted by Crippen LogP contribution is -2.32. The van der Waals surface area contributed by atoms with Crippen molar-refractivity contribution in [3.05, 3.63) is 34.9 Å². The molecule has 1 atom stereocenters. The molecule has 14 heavy (non-hydrogen) atoms. The Morgan fingerprint density at radius 1 is 1.36 bits per heavy atom. The molecule has 2 N–H and O–H groups in total. The number of aliphatic hydroxyl groups is 1. The molecule has 0 saturated carbocycles. The van der Waals surface area contributed by atoms with Crippen molar-refractivity contribution in [3.8, 4) is 0 Å². The van der Waals surface area contributed by atoms with Crippen LogP contribution in [0, 0.1) is 13.8 Å². The largest absolute Gasteiger partial charge is 0.479 e. The fraction of sp³-hybridized carbons (Fsp3) is 0.364. The maximum absolute atomic E-state index is 10.8. The molecule has 76 valence electrons. The maximum Gasteiger partial charge on any atom is 0.340 e. The van der Waals surface area contributed by atoms with E-state index in [9.17, 15) is 9.90 Å². The van der Waals surface area contributed by atoms with E-state index in [4.69, 9.17) is 5.11 Å². The highest BCUT2D eigenvalue weighted by Gasteiger charge is 2.33. The summed E-state index contributed by atoms with van der Waals surface area (Å²) in [7, 11) is 0. The zero-order valence-electron chi connectivity index (χ0n) is 8.53. The van der Waals surface area contributed by atoms with Crippen LogP contribution in [0.3, 0.4) is 0 Å².